The van der Waals surface area contributed by atoms with Gasteiger partial charge in [0.1, 0.15) is 17.4 Å². The molecule has 0 bridgehead atoms. The van der Waals surface area contributed by atoms with Crippen LogP contribution in [0.2, 0.25) is 5.02 Å². The van der Waals surface area contributed by atoms with Gasteiger partial charge in [0.05, 0.1) is 21.2 Å². The Morgan fingerprint density at radius 3 is 2.03 bits per heavy atom. The summed E-state index contributed by atoms with van der Waals surface area (Å²) in [5, 5.41) is 10.2. The maximum Gasteiger partial charge on any atom is 0.262 e. The van der Waals surface area contributed by atoms with Gasteiger partial charge in [-0.1, -0.05) is 17.7 Å². The van der Waals surface area contributed by atoms with Crippen LogP contribution in [0.4, 0.5) is 20.2 Å². The van der Waals surface area contributed by atoms with Gasteiger partial charge < -0.3 is 5.11 Å². The molecular weight excluding hydrogens is 462 g/mol. The van der Waals surface area contributed by atoms with E-state index in [2.05, 4.69) is 4.72 Å². The Bertz CT molecular complexity index is 1310. The number of anilines is 2. The number of phenols is 1. The number of nitrogens with one attached hydrogen (secondary N) is 2. The van der Waals surface area contributed by atoms with Gasteiger partial charge in [0.2, 0.25) is 0 Å². The number of aromatic hydroxyl groups is 1. The number of sulfonamides is 2. The fraction of sp³-hybridized carbons (Fsp3) is 0. The lowest BCUT2D eigenvalue weighted by Gasteiger charge is -2.13. The molecule has 7 nitrogen and oxygen atoms in total. The molecule has 0 amide bonds. The summed E-state index contributed by atoms with van der Waals surface area (Å²) >= 11 is 5.82. The summed E-state index contributed by atoms with van der Waals surface area (Å²) in [6.45, 7) is 0. The summed E-state index contributed by atoms with van der Waals surface area (Å²) in [7, 11) is -8.71. The van der Waals surface area contributed by atoms with Crippen LogP contribution in [0.15, 0.2) is 70.5 Å². The predicted octanol–water partition coefficient (Wildman–Crippen LogP) is 3.93. The van der Waals surface area contributed by atoms with Crippen molar-refractivity contribution in [1.29, 1.82) is 0 Å². The number of benzene rings is 3. The summed E-state index contributed by atoms with van der Waals surface area (Å²) in [5.41, 5.74) is -0.346. The van der Waals surface area contributed by atoms with Gasteiger partial charge in [0.25, 0.3) is 20.0 Å². The van der Waals surface area contributed by atoms with Crippen LogP contribution in [0.5, 0.6) is 5.75 Å². The smallest absolute Gasteiger partial charge is 0.262 e. The molecule has 0 spiro atoms. The van der Waals surface area contributed by atoms with Crippen LogP contribution in [-0.4, -0.2) is 21.9 Å². The molecule has 158 valence electrons. The summed E-state index contributed by atoms with van der Waals surface area (Å²) in [5.74, 6) is -2.85. The van der Waals surface area contributed by atoms with E-state index in [4.69, 9.17) is 11.6 Å². The van der Waals surface area contributed by atoms with Crippen molar-refractivity contribution in [3.63, 3.8) is 0 Å². The number of hydrogen-bond acceptors (Lipinski definition) is 5. The van der Waals surface area contributed by atoms with Crippen molar-refractivity contribution in [3.8, 4) is 5.75 Å². The highest BCUT2D eigenvalue weighted by Crippen LogP contribution is 2.30. The molecule has 0 radical (unpaired) electrons. The Morgan fingerprint density at radius 2 is 1.40 bits per heavy atom. The molecule has 0 unspecified atom stereocenters. The SMILES string of the molecule is O=S(=O)(Nc1cccc(Cl)c1)c1ccc(O)c(NS(=O)(=O)c2cc(F)cc(F)c2)c1. The molecule has 3 aromatic rings. The van der Waals surface area contributed by atoms with Crippen LogP contribution in [-0.2, 0) is 20.0 Å². The molecule has 12 heteroatoms. The van der Waals surface area contributed by atoms with Crippen molar-refractivity contribution in [2.45, 2.75) is 9.79 Å². The average Bonchev–Trinajstić information content (AvgIpc) is 2.62. The molecular formula is C18H13ClF2N2O5S2. The van der Waals surface area contributed by atoms with Crippen molar-refractivity contribution < 1.29 is 30.7 Å². The van der Waals surface area contributed by atoms with E-state index in [1.807, 2.05) is 4.72 Å². The minimum absolute atomic E-state index is 0.160. The van der Waals surface area contributed by atoms with E-state index < -0.39 is 48.0 Å². The second kappa shape index (κ2) is 8.09. The van der Waals surface area contributed by atoms with Crippen LogP contribution in [0.3, 0.4) is 0 Å². The predicted molar refractivity (Wildman–Crippen MR) is 108 cm³/mol. The fourth-order valence-electron chi connectivity index (χ4n) is 2.42. The zero-order valence-electron chi connectivity index (χ0n) is 14.8. The molecule has 0 aliphatic rings. The van der Waals surface area contributed by atoms with Crippen molar-refractivity contribution >= 4 is 43.0 Å². The topological polar surface area (TPSA) is 113 Å². The second-order valence-corrected chi connectivity index (χ2v) is 9.81. The summed E-state index contributed by atoms with van der Waals surface area (Å²) in [6, 6.07) is 10.4. The zero-order valence-corrected chi connectivity index (χ0v) is 17.2. The van der Waals surface area contributed by atoms with Crippen molar-refractivity contribution in [1.82, 2.24) is 0 Å². The Hall–Kier alpha value is -2.89. The summed E-state index contributed by atoms with van der Waals surface area (Å²) in [6.07, 6.45) is 0. The second-order valence-electron chi connectivity index (χ2n) is 6.01. The normalized spacial score (nSPS) is 11.8. The minimum Gasteiger partial charge on any atom is -0.506 e. The molecule has 0 fully saturated rings. The maximum absolute atomic E-state index is 13.4. The Kier molecular flexibility index (Phi) is 5.88. The van der Waals surface area contributed by atoms with E-state index in [1.54, 1.807) is 6.07 Å². The first-order valence-electron chi connectivity index (χ1n) is 8.07. The lowest BCUT2D eigenvalue weighted by atomic mass is 10.3. The zero-order chi connectivity index (χ0) is 22.1. The third kappa shape index (κ3) is 4.99. The summed E-state index contributed by atoms with van der Waals surface area (Å²) in [4.78, 5) is -1.13. The molecule has 0 aliphatic heterocycles. The van der Waals surface area contributed by atoms with E-state index in [0.29, 0.717) is 18.2 Å². The van der Waals surface area contributed by atoms with E-state index in [0.717, 1.165) is 18.2 Å². The van der Waals surface area contributed by atoms with Gasteiger partial charge in [-0.2, -0.15) is 0 Å². The van der Waals surface area contributed by atoms with Crippen LogP contribution in [0.1, 0.15) is 0 Å². The van der Waals surface area contributed by atoms with Gasteiger partial charge in [-0.15, -0.1) is 0 Å². The number of halogens is 3. The molecule has 0 aliphatic carbocycles. The average molecular weight is 475 g/mol. The van der Waals surface area contributed by atoms with Gasteiger partial charge in [-0.05, 0) is 48.5 Å². The van der Waals surface area contributed by atoms with Crippen LogP contribution < -0.4 is 9.44 Å². The third-order valence-electron chi connectivity index (χ3n) is 3.75. The molecule has 3 aromatic carbocycles. The molecule has 0 aromatic heterocycles. The highest BCUT2D eigenvalue weighted by molar-refractivity contribution is 7.93. The van der Waals surface area contributed by atoms with Gasteiger partial charge in [-0.3, -0.25) is 9.44 Å². The van der Waals surface area contributed by atoms with E-state index in [1.165, 1.54) is 18.2 Å². The van der Waals surface area contributed by atoms with Crippen LogP contribution in [0, 0.1) is 11.6 Å². The number of hydrogen-bond donors (Lipinski definition) is 3. The highest BCUT2D eigenvalue weighted by atomic mass is 35.5. The van der Waals surface area contributed by atoms with Crippen molar-refractivity contribution in [2.24, 2.45) is 0 Å². The van der Waals surface area contributed by atoms with E-state index in [9.17, 15) is 30.7 Å². The summed E-state index contributed by atoms with van der Waals surface area (Å²) < 4.78 is 80.9. The Balaban J connectivity index is 1.95. The number of rotatable bonds is 6. The highest BCUT2D eigenvalue weighted by Gasteiger charge is 2.21. The first kappa shape index (κ1) is 21.8. The molecule has 30 heavy (non-hydrogen) atoms. The quantitative estimate of drug-likeness (QED) is 0.469. The largest absolute Gasteiger partial charge is 0.506 e. The van der Waals surface area contributed by atoms with Crippen molar-refractivity contribution in [2.75, 3.05) is 9.44 Å². The number of phenolic OH excluding ortho intramolecular Hbond substituents is 1. The molecule has 3 rings (SSSR count). The molecule has 3 N–H and O–H groups in total. The van der Waals surface area contributed by atoms with Gasteiger partial charge in [0, 0.05) is 11.1 Å². The standard InChI is InChI=1S/C18H13ClF2N2O5S2/c19-11-2-1-3-14(6-11)22-29(25,26)15-4-5-18(24)17(10-15)23-30(27,28)16-8-12(20)7-13(21)9-16/h1-10,22-24H. The van der Waals surface area contributed by atoms with E-state index >= 15 is 0 Å². The molecule has 0 saturated carbocycles. The van der Waals surface area contributed by atoms with Gasteiger partial charge in [0.15, 0.2) is 0 Å². The molecule has 0 heterocycles. The first-order valence-corrected chi connectivity index (χ1v) is 11.4. The van der Waals surface area contributed by atoms with Gasteiger partial charge >= 0.3 is 0 Å². The monoisotopic (exact) mass is 474 g/mol. The maximum atomic E-state index is 13.4. The third-order valence-corrected chi connectivity index (χ3v) is 6.70. The molecule has 0 atom stereocenters. The molecule has 0 saturated heterocycles. The lowest BCUT2D eigenvalue weighted by molar-refractivity contribution is 0.477. The Labute approximate surface area is 176 Å². The van der Waals surface area contributed by atoms with Crippen molar-refractivity contribution in [3.05, 3.63) is 77.3 Å². The van der Waals surface area contributed by atoms with Crippen LogP contribution >= 0.6 is 11.6 Å². The van der Waals surface area contributed by atoms with E-state index in [-0.39, 0.29) is 15.6 Å². The minimum atomic E-state index is -4.53. The Morgan fingerprint density at radius 1 is 0.767 bits per heavy atom. The van der Waals surface area contributed by atoms with Gasteiger partial charge in [-0.25, -0.2) is 25.6 Å². The fourth-order valence-corrected chi connectivity index (χ4v) is 4.79. The van der Waals surface area contributed by atoms with Crippen LogP contribution in [0.25, 0.3) is 0 Å². The lowest BCUT2D eigenvalue weighted by Crippen LogP contribution is -2.16. The first-order chi connectivity index (χ1) is 14.0.